The molecule has 5 nitrogen and oxygen atoms in total. The largest absolute Gasteiger partial charge is 0.379 e. The van der Waals surface area contributed by atoms with Gasteiger partial charge in [0, 0.05) is 26.8 Å². The number of hydrogen-bond acceptors (Lipinski definition) is 5. The first-order chi connectivity index (χ1) is 10.2. The first-order valence-corrected chi connectivity index (χ1v) is 7.99. The molecule has 1 saturated carbocycles. The number of hydrogen-bond donors (Lipinski definition) is 2. The van der Waals surface area contributed by atoms with Gasteiger partial charge < -0.3 is 15.4 Å². The highest BCUT2D eigenvalue weighted by Gasteiger charge is 2.16. The molecule has 1 aromatic heterocycles. The highest BCUT2D eigenvalue weighted by molar-refractivity contribution is 5.33. The molecule has 0 aromatic carbocycles. The summed E-state index contributed by atoms with van der Waals surface area (Å²) < 4.78 is 5.01. The van der Waals surface area contributed by atoms with E-state index < -0.39 is 0 Å². The average Bonchev–Trinajstić information content (AvgIpc) is 2.46. The van der Waals surface area contributed by atoms with Gasteiger partial charge >= 0.3 is 0 Å². The van der Waals surface area contributed by atoms with E-state index in [0.717, 1.165) is 38.0 Å². The predicted octanol–water partition coefficient (Wildman–Crippen LogP) is 2.96. The van der Waals surface area contributed by atoms with Crippen LogP contribution in [0.25, 0.3) is 0 Å². The van der Waals surface area contributed by atoms with E-state index in [0.29, 0.717) is 6.04 Å². The van der Waals surface area contributed by atoms with Gasteiger partial charge in [-0.25, -0.2) is 9.97 Å². The lowest BCUT2D eigenvalue weighted by molar-refractivity contribution is 0.109. The maximum absolute atomic E-state index is 5.01. The summed E-state index contributed by atoms with van der Waals surface area (Å²) in [4.78, 5) is 7.92. The van der Waals surface area contributed by atoms with Crippen LogP contribution in [0.15, 0.2) is 18.6 Å². The van der Waals surface area contributed by atoms with E-state index in [9.17, 15) is 0 Å². The molecule has 1 aliphatic carbocycles. The summed E-state index contributed by atoms with van der Waals surface area (Å²) in [6.45, 7) is 10.3. The Hall–Kier alpha value is -1.20. The van der Waals surface area contributed by atoms with Crippen LogP contribution in [0, 0.1) is 5.92 Å². The first-order valence-electron chi connectivity index (χ1n) is 7.99. The van der Waals surface area contributed by atoms with Crippen LogP contribution in [0.3, 0.4) is 0 Å². The van der Waals surface area contributed by atoms with Crippen LogP contribution in [0.5, 0.6) is 0 Å². The number of nitrogens with one attached hydrogen (secondary N) is 2. The summed E-state index contributed by atoms with van der Waals surface area (Å²) in [5.74, 6) is 1.78. The molecule has 0 bridgehead atoms. The van der Waals surface area contributed by atoms with Gasteiger partial charge in [-0.15, -0.1) is 0 Å². The Balaban J connectivity index is 0.000000343. The Labute approximate surface area is 130 Å². The molecule has 1 aromatic rings. The minimum absolute atomic E-state index is 0. The minimum Gasteiger partial charge on any atom is -0.379 e. The van der Waals surface area contributed by atoms with Crippen molar-refractivity contribution in [1.82, 2.24) is 15.3 Å². The van der Waals surface area contributed by atoms with E-state index in [1.165, 1.54) is 19.3 Å². The van der Waals surface area contributed by atoms with Gasteiger partial charge in [-0.05, 0) is 31.2 Å². The van der Waals surface area contributed by atoms with Crippen molar-refractivity contribution in [2.24, 2.45) is 5.92 Å². The van der Waals surface area contributed by atoms with Gasteiger partial charge in [0.05, 0.1) is 13.2 Å². The van der Waals surface area contributed by atoms with Crippen molar-refractivity contribution in [3.63, 3.8) is 0 Å². The summed E-state index contributed by atoms with van der Waals surface area (Å²) in [7, 11) is 0. The van der Waals surface area contributed by atoms with E-state index in [-0.39, 0.29) is 1.43 Å². The number of aromatic nitrogens is 2. The van der Waals surface area contributed by atoms with Crippen LogP contribution < -0.4 is 10.6 Å². The van der Waals surface area contributed by atoms with Crippen molar-refractivity contribution in [2.75, 3.05) is 31.6 Å². The summed E-state index contributed by atoms with van der Waals surface area (Å²) >= 11 is 0. The van der Waals surface area contributed by atoms with E-state index in [1.807, 2.05) is 6.07 Å². The fraction of sp³-hybridized carbons (Fsp3) is 0.750. The lowest BCUT2D eigenvalue weighted by Crippen LogP contribution is -2.30. The predicted molar refractivity (Wildman–Crippen MR) is 89.6 cm³/mol. The second-order valence-corrected chi connectivity index (χ2v) is 5.96. The molecule has 3 rings (SSSR count). The molecule has 0 radical (unpaired) electrons. The number of morpholine rings is 1. The number of anilines is 1. The summed E-state index contributed by atoms with van der Waals surface area (Å²) in [5.41, 5.74) is 0. The summed E-state index contributed by atoms with van der Waals surface area (Å²) in [6.07, 6.45) is 7.24. The van der Waals surface area contributed by atoms with Crippen LogP contribution >= 0.6 is 0 Å². The summed E-state index contributed by atoms with van der Waals surface area (Å²) in [5, 5.41) is 6.49. The highest BCUT2D eigenvalue weighted by atomic mass is 16.5. The van der Waals surface area contributed by atoms with Crippen molar-refractivity contribution in [3.05, 3.63) is 18.6 Å². The number of nitrogens with zero attached hydrogens (tertiary/aromatic N) is 2. The molecule has 2 N–H and O–H groups in total. The molecule has 21 heavy (non-hydrogen) atoms. The minimum atomic E-state index is 0. The summed E-state index contributed by atoms with van der Waals surface area (Å²) in [6, 6.07) is 2.56. The Morgan fingerprint density at radius 2 is 1.95 bits per heavy atom. The van der Waals surface area contributed by atoms with Gasteiger partial charge in [0.1, 0.15) is 12.1 Å². The highest BCUT2D eigenvalue weighted by Crippen LogP contribution is 2.21. The van der Waals surface area contributed by atoms with Crippen molar-refractivity contribution in [3.8, 4) is 0 Å². The molecular weight excluding hydrogens is 264 g/mol. The first kappa shape index (κ1) is 17.9. The van der Waals surface area contributed by atoms with Crippen LogP contribution in [0.4, 0.5) is 5.82 Å². The van der Waals surface area contributed by atoms with E-state index in [2.05, 4.69) is 41.4 Å². The Bertz CT molecular complexity index is 329. The SMILES string of the molecule is C1COCCN1.CC(C)C.[HH].c1cc(NC2CCC2)ncn1. The number of rotatable bonds is 2. The van der Waals surface area contributed by atoms with Gasteiger partial charge in [0.15, 0.2) is 0 Å². The molecule has 0 amide bonds. The van der Waals surface area contributed by atoms with Gasteiger partial charge in [0.2, 0.25) is 0 Å². The van der Waals surface area contributed by atoms with Gasteiger partial charge in [-0.1, -0.05) is 20.8 Å². The zero-order chi connectivity index (χ0) is 15.3. The zero-order valence-corrected chi connectivity index (χ0v) is 13.6. The van der Waals surface area contributed by atoms with Gasteiger partial charge in [-0.3, -0.25) is 0 Å². The molecule has 122 valence electrons. The Kier molecular flexibility index (Phi) is 9.74. The van der Waals surface area contributed by atoms with Crippen molar-refractivity contribution in [2.45, 2.75) is 46.1 Å². The van der Waals surface area contributed by atoms with Crippen molar-refractivity contribution in [1.29, 1.82) is 0 Å². The zero-order valence-electron chi connectivity index (χ0n) is 13.6. The smallest absolute Gasteiger partial charge is 0.129 e. The third kappa shape index (κ3) is 10.2. The van der Waals surface area contributed by atoms with Crippen LogP contribution in [-0.4, -0.2) is 42.3 Å². The van der Waals surface area contributed by atoms with Crippen molar-refractivity contribution < 1.29 is 6.16 Å². The second-order valence-electron chi connectivity index (χ2n) is 5.96. The molecule has 0 atom stereocenters. The molecular formula is C16H32N4O. The fourth-order valence-electron chi connectivity index (χ4n) is 1.65. The van der Waals surface area contributed by atoms with Crippen molar-refractivity contribution >= 4 is 5.82 Å². The second kappa shape index (κ2) is 11.5. The Morgan fingerprint density at radius 3 is 2.29 bits per heavy atom. The fourth-order valence-corrected chi connectivity index (χ4v) is 1.65. The third-order valence-electron chi connectivity index (χ3n) is 2.89. The Morgan fingerprint density at radius 1 is 1.29 bits per heavy atom. The molecule has 0 unspecified atom stereocenters. The molecule has 0 spiro atoms. The van der Waals surface area contributed by atoms with Gasteiger partial charge in [0.25, 0.3) is 0 Å². The molecule has 2 fully saturated rings. The molecule has 5 heteroatoms. The normalized spacial score (nSPS) is 17.7. The van der Waals surface area contributed by atoms with Gasteiger partial charge in [-0.2, -0.15) is 0 Å². The van der Waals surface area contributed by atoms with Crippen LogP contribution in [0.2, 0.25) is 0 Å². The van der Waals surface area contributed by atoms with Crippen LogP contribution in [-0.2, 0) is 4.74 Å². The quantitative estimate of drug-likeness (QED) is 0.878. The third-order valence-corrected chi connectivity index (χ3v) is 2.89. The maximum Gasteiger partial charge on any atom is 0.129 e. The molecule has 1 saturated heterocycles. The lowest BCUT2D eigenvalue weighted by Gasteiger charge is -2.26. The molecule has 1 aliphatic heterocycles. The lowest BCUT2D eigenvalue weighted by atomic mass is 9.93. The standard InChI is InChI=1S/C8H11N3.C4H9NO.C4H10.H2/c1-2-7(3-1)11-8-4-5-9-6-10-8;1-3-6-4-2-5-1;1-4(2)3;/h4-7H,1-3H2,(H,9,10,11);5H,1-4H2;4H,1-3H3;1H. The van der Waals surface area contributed by atoms with E-state index in [1.54, 1.807) is 12.5 Å². The van der Waals surface area contributed by atoms with E-state index in [4.69, 9.17) is 4.74 Å². The number of ether oxygens (including phenoxy) is 1. The molecule has 2 heterocycles. The maximum atomic E-state index is 5.01. The average molecular weight is 296 g/mol. The van der Waals surface area contributed by atoms with E-state index >= 15 is 0 Å². The topological polar surface area (TPSA) is 59.1 Å². The molecule has 2 aliphatic rings. The monoisotopic (exact) mass is 296 g/mol. The van der Waals surface area contributed by atoms with Crippen LogP contribution in [0.1, 0.15) is 41.5 Å².